The first-order valence-corrected chi connectivity index (χ1v) is 6.35. The predicted molar refractivity (Wildman–Crippen MR) is 73.7 cm³/mol. The van der Waals surface area contributed by atoms with Crippen molar-refractivity contribution in [3.63, 3.8) is 0 Å². The van der Waals surface area contributed by atoms with Crippen LogP contribution >= 0.6 is 0 Å². The highest BCUT2D eigenvalue weighted by Crippen LogP contribution is 2.22. The lowest BCUT2D eigenvalue weighted by atomic mass is 9.93. The number of carbonyl (C=O) groups is 1. The standard InChI is InChI=1S/C16H18O2/c1-12(9-10-16(17)18)11-14-7-4-6-13-5-2-3-8-15(13)14/h2-8,12H,9-11H2,1H3,(H,17,18). The molecule has 0 heterocycles. The van der Waals surface area contributed by atoms with Crippen molar-refractivity contribution in [2.45, 2.75) is 26.2 Å². The van der Waals surface area contributed by atoms with Gasteiger partial charge in [0.1, 0.15) is 0 Å². The fourth-order valence-corrected chi connectivity index (χ4v) is 2.32. The summed E-state index contributed by atoms with van der Waals surface area (Å²) in [5.74, 6) is -0.313. The molecule has 2 aromatic carbocycles. The van der Waals surface area contributed by atoms with E-state index in [2.05, 4.69) is 37.3 Å². The number of hydrogen-bond acceptors (Lipinski definition) is 1. The van der Waals surface area contributed by atoms with E-state index in [1.165, 1.54) is 16.3 Å². The quantitative estimate of drug-likeness (QED) is 0.863. The van der Waals surface area contributed by atoms with Gasteiger partial charge < -0.3 is 5.11 Å². The van der Waals surface area contributed by atoms with E-state index in [-0.39, 0.29) is 6.42 Å². The summed E-state index contributed by atoms with van der Waals surface area (Å²) < 4.78 is 0. The lowest BCUT2D eigenvalue weighted by Gasteiger charge is -2.12. The van der Waals surface area contributed by atoms with Gasteiger partial charge in [-0.15, -0.1) is 0 Å². The minimum atomic E-state index is -0.709. The zero-order valence-corrected chi connectivity index (χ0v) is 10.6. The van der Waals surface area contributed by atoms with Crippen LogP contribution in [0.5, 0.6) is 0 Å². The largest absolute Gasteiger partial charge is 0.481 e. The summed E-state index contributed by atoms with van der Waals surface area (Å²) in [6, 6.07) is 14.7. The van der Waals surface area contributed by atoms with Crippen LogP contribution in [0.25, 0.3) is 10.8 Å². The Morgan fingerprint density at radius 2 is 1.89 bits per heavy atom. The summed E-state index contributed by atoms with van der Waals surface area (Å²) >= 11 is 0. The van der Waals surface area contributed by atoms with Crippen LogP contribution in [0.4, 0.5) is 0 Å². The maximum Gasteiger partial charge on any atom is 0.303 e. The highest BCUT2D eigenvalue weighted by Gasteiger charge is 2.08. The Morgan fingerprint density at radius 1 is 1.17 bits per heavy atom. The average molecular weight is 242 g/mol. The Labute approximate surface area is 107 Å². The number of hydrogen-bond donors (Lipinski definition) is 1. The van der Waals surface area contributed by atoms with E-state index < -0.39 is 5.97 Å². The Balaban J connectivity index is 2.14. The normalized spacial score (nSPS) is 12.5. The second kappa shape index (κ2) is 5.67. The second-order valence-corrected chi connectivity index (χ2v) is 4.88. The summed E-state index contributed by atoms with van der Waals surface area (Å²) in [6.45, 7) is 2.12. The minimum Gasteiger partial charge on any atom is -0.481 e. The average Bonchev–Trinajstić information content (AvgIpc) is 2.37. The fraction of sp³-hybridized carbons (Fsp3) is 0.312. The van der Waals surface area contributed by atoms with Crippen LogP contribution in [0.15, 0.2) is 42.5 Å². The second-order valence-electron chi connectivity index (χ2n) is 4.88. The molecule has 0 saturated carbocycles. The summed E-state index contributed by atoms with van der Waals surface area (Å²) in [5, 5.41) is 11.2. The molecule has 94 valence electrons. The number of benzene rings is 2. The van der Waals surface area contributed by atoms with Crippen molar-refractivity contribution >= 4 is 16.7 Å². The first-order valence-electron chi connectivity index (χ1n) is 6.35. The van der Waals surface area contributed by atoms with Crippen LogP contribution in [0.2, 0.25) is 0 Å². The smallest absolute Gasteiger partial charge is 0.303 e. The van der Waals surface area contributed by atoms with E-state index in [0.717, 1.165) is 12.8 Å². The topological polar surface area (TPSA) is 37.3 Å². The molecular weight excluding hydrogens is 224 g/mol. The van der Waals surface area contributed by atoms with E-state index in [1.54, 1.807) is 0 Å². The maximum absolute atomic E-state index is 10.6. The van der Waals surface area contributed by atoms with Gasteiger partial charge in [0.15, 0.2) is 0 Å². The van der Waals surface area contributed by atoms with E-state index in [1.807, 2.05) is 12.1 Å². The molecule has 0 spiro atoms. The van der Waals surface area contributed by atoms with E-state index >= 15 is 0 Å². The van der Waals surface area contributed by atoms with Crippen molar-refractivity contribution in [1.29, 1.82) is 0 Å². The van der Waals surface area contributed by atoms with E-state index in [0.29, 0.717) is 5.92 Å². The van der Waals surface area contributed by atoms with Crippen LogP contribution < -0.4 is 0 Å². The lowest BCUT2D eigenvalue weighted by Crippen LogP contribution is -2.04. The van der Waals surface area contributed by atoms with Crippen LogP contribution in [0.3, 0.4) is 0 Å². The summed E-state index contributed by atoms with van der Waals surface area (Å²) in [4.78, 5) is 10.6. The first kappa shape index (κ1) is 12.6. The SMILES string of the molecule is CC(CCC(=O)O)Cc1cccc2ccccc12. The van der Waals surface area contributed by atoms with E-state index in [9.17, 15) is 4.79 Å². The van der Waals surface area contributed by atoms with Gasteiger partial charge in [0, 0.05) is 6.42 Å². The molecule has 1 unspecified atom stereocenters. The van der Waals surface area contributed by atoms with Crippen LogP contribution in [0, 0.1) is 5.92 Å². The molecule has 0 aliphatic carbocycles. The molecule has 0 fully saturated rings. The van der Waals surface area contributed by atoms with Crippen molar-refractivity contribution in [1.82, 2.24) is 0 Å². The molecule has 18 heavy (non-hydrogen) atoms. The van der Waals surface area contributed by atoms with Gasteiger partial charge in [-0.25, -0.2) is 0 Å². The fourth-order valence-electron chi connectivity index (χ4n) is 2.32. The van der Waals surface area contributed by atoms with Gasteiger partial charge in [-0.1, -0.05) is 49.4 Å². The number of rotatable bonds is 5. The number of fused-ring (bicyclic) bond motifs is 1. The molecule has 0 aromatic heterocycles. The Kier molecular flexibility index (Phi) is 3.98. The molecule has 2 nitrogen and oxygen atoms in total. The molecule has 0 aliphatic rings. The molecule has 0 radical (unpaired) electrons. The number of carboxylic acid groups (broad SMARTS) is 1. The Morgan fingerprint density at radius 3 is 2.67 bits per heavy atom. The Hall–Kier alpha value is -1.83. The summed E-state index contributed by atoms with van der Waals surface area (Å²) in [6.07, 6.45) is 1.93. The van der Waals surface area contributed by atoms with Gasteiger partial charge in [-0.2, -0.15) is 0 Å². The maximum atomic E-state index is 10.6. The molecule has 2 rings (SSSR count). The van der Waals surface area contributed by atoms with Crippen molar-refractivity contribution < 1.29 is 9.90 Å². The van der Waals surface area contributed by atoms with Crippen molar-refractivity contribution in [3.8, 4) is 0 Å². The van der Waals surface area contributed by atoms with Crippen LogP contribution in [-0.2, 0) is 11.2 Å². The molecule has 1 atom stereocenters. The molecule has 0 amide bonds. The van der Waals surface area contributed by atoms with Crippen LogP contribution in [-0.4, -0.2) is 11.1 Å². The van der Waals surface area contributed by atoms with Crippen molar-refractivity contribution in [2.24, 2.45) is 5.92 Å². The molecule has 1 N–H and O–H groups in total. The van der Waals surface area contributed by atoms with Crippen molar-refractivity contribution in [3.05, 3.63) is 48.0 Å². The molecule has 0 aliphatic heterocycles. The summed E-state index contributed by atoms with van der Waals surface area (Å²) in [7, 11) is 0. The van der Waals surface area contributed by atoms with Gasteiger partial charge >= 0.3 is 5.97 Å². The van der Waals surface area contributed by atoms with E-state index in [4.69, 9.17) is 5.11 Å². The highest BCUT2D eigenvalue weighted by molar-refractivity contribution is 5.85. The lowest BCUT2D eigenvalue weighted by molar-refractivity contribution is -0.137. The third-order valence-electron chi connectivity index (χ3n) is 3.30. The van der Waals surface area contributed by atoms with Gasteiger partial charge in [-0.05, 0) is 35.1 Å². The molecule has 2 heteroatoms. The highest BCUT2D eigenvalue weighted by atomic mass is 16.4. The van der Waals surface area contributed by atoms with Gasteiger partial charge in [-0.3, -0.25) is 4.79 Å². The van der Waals surface area contributed by atoms with Gasteiger partial charge in [0.05, 0.1) is 0 Å². The van der Waals surface area contributed by atoms with Gasteiger partial charge in [0.25, 0.3) is 0 Å². The molecule has 2 aromatic rings. The zero-order chi connectivity index (χ0) is 13.0. The zero-order valence-electron chi connectivity index (χ0n) is 10.6. The van der Waals surface area contributed by atoms with Crippen LogP contribution in [0.1, 0.15) is 25.3 Å². The number of aliphatic carboxylic acids is 1. The first-order chi connectivity index (χ1) is 8.66. The van der Waals surface area contributed by atoms with Gasteiger partial charge in [0.2, 0.25) is 0 Å². The number of carboxylic acids is 1. The minimum absolute atomic E-state index is 0.256. The summed E-state index contributed by atoms with van der Waals surface area (Å²) in [5.41, 5.74) is 1.31. The Bertz CT molecular complexity index is 540. The third kappa shape index (κ3) is 3.10. The third-order valence-corrected chi connectivity index (χ3v) is 3.30. The molecule has 0 bridgehead atoms. The predicted octanol–water partition coefficient (Wildman–Crippen LogP) is 3.88. The molecular formula is C16H18O2. The molecule has 0 saturated heterocycles. The monoisotopic (exact) mass is 242 g/mol. The van der Waals surface area contributed by atoms with Crippen molar-refractivity contribution in [2.75, 3.05) is 0 Å².